The van der Waals surface area contributed by atoms with Crippen molar-refractivity contribution in [2.24, 2.45) is 0 Å². The summed E-state index contributed by atoms with van der Waals surface area (Å²) in [6.07, 6.45) is 0. The number of thiophene rings is 1. The molecular weight excluding hydrogens is 377 g/mol. The number of nitrogens with zero attached hydrogens (tertiary/aromatic N) is 2. The van der Waals surface area contributed by atoms with E-state index in [4.69, 9.17) is 4.52 Å². The first kappa shape index (κ1) is 18.1. The largest absolute Gasteiger partial charge is 0.347 e. The minimum absolute atomic E-state index is 0.124. The van der Waals surface area contributed by atoms with E-state index in [1.165, 1.54) is 17.4 Å². The monoisotopic (exact) mass is 393 g/mol. The Hall–Kier alpha value is -3.32. The van der Waals surface area contributed by atoms with E-state index in [1.54, 1.807) is 30.3 Å². The number of nitrogens with one attached hydrogen (secondary N) is 1. The van der Waals surface area contributed by atoms with E-state index >= 15 is 0 Å². The summed E-state index contributed by atoms with van der Waals surface area (Å²) >= 11 is 1.25. The summed E-state index contributed by atoms with van der Waals surface area (Å²) in [7, 11) is 0. The molecular formula is C21H16FN3O2S. The van der Waals surface area contributed by atoms with Crippen LogP contribution >= 0.6 is 11.3 Å². The Bertz CT molecular complexity index is 1120. The molecule has 0 saturated carbocycles. The fourth-order valence-electron chi connectivity index (χ4n) is 2.62. The van der Waals surface area contributed by atoms with E-state index in [0.717, 1.165) is 16.0 Å². The second kappa shape index (κ2) is 7.74. The second-order valence-corrected chi connectivity index (χ2v) is 7.31. The summed E-state index contributed by atoms with van der Waals surface area (Å²) in [5, 5.41) is 6.73. The van der Waals surface area contributed by atoms with Crippen LogP contribution in [0.25, 0.3) is 22.2 Å². The zero-order valence-corrected chi connectivity index (χ0v) is 15.8. The third kappa shape index (κ3) is 3.84. The average molecular weight is 393 g/mol. The van der Waals surface area contributed by atoms with Crippen LogP contribution in [0.15, 0.2) is 65.2 Å². The van der Waals surface area contributed by atoms with Crippen LogP contribution in [-0.4, -0.2) is 16.0 Å². The maximum Gasteiger partial charge on any atom is 0.261 e. The lowest BCUT2D eigenvalue weighted by molar-refractivity contribution is 0.0954. The quantitative estimate of drug-likeness (QED) is 0.527. The van der Waals surface area contributed by atoms with E-state index in [9.17, 15) is 9.18 Å². The molecule has 0 aliphatic heterocycles. The van der Waals surface area contributed by atoms with Gasteiger partial charge in [-0.2, -0.15) is 4.98 Å². The van der Waals surface area contributed by atoms with Crippen molar-refractivity contribution in [1.82, 2.24) is 15.5 Å². The fraction of sp³-hybridized carbons (Fsp3) is 0.0952. The summed E-state index contributed by atoms with van der Waals surface area (Å²) < 4.78 is 19.0. The summed E-state index contributed by atoms with van der Waals surface area (Å²) in [5.41, 5.74) is 2.42. The molecule has 1 amide bonds. The van der Waals surface area contributed by atoms with Crippen LogP contribution in [-0.2, 0) is 6.54 Å². The highest BCUT2D eigenvalue weighted by Crippen LogP contribution is 2.28. The first-order chi connectivity index (χ1) is 13.6. The molecule has 2 aromatic heterocycles. The maximum absolute atomic E-state index is 13.7. The van der Waals surface area contributed by atoms with Crippen LogP contribution in [0.1, 0.15) is 20.8 Å². The minimum Gasteiger partial charge on any atom is -0.347 e. The van der Waals surface area contributed by atoms with Gasteiger partial charge >= 0.3 is 0 Å². The van der Waals surface area contributed by atoms with Gasteiger partial charge in [-0.3, -0.25) is 4.79 Å². The smallest absolute Gasteiger partial charge is 0.261 e. The number of hydrogen-bond acceptors (Lipinski definition) is 5. The third-order valence-electron chi connectivity index (χ3n) is 4.17. The third-order valence-corrected chi connectivity index (χ3v) is 5.25. The van der Waals surface area contributed by atoms with Crippen molar-refractivity contribution in [2.75, 3.05) is 0 Å². The Balaban J connectivity index is 1.46. The van der Waals surface area contributed by atoms with E-state index in [0.29, 0.717) is 22.2 Å². The lowest BCUT2D eigenvalue weighted by atomic mass is 10.1. The Morgan fingerprint density at radius 1 is 1.11 bits per heavy atom. The van der Waals surface area contributed by atoms with E-state index in [2.05, 4.69) is 15.5 Å². The molecule has 4 rings (SSSR count). The lowest BCUT2D eigenvalue weighted by Crippen LogP contribution is -2.22. The van der Waals surface area contributed by atoms with E-state index in [-0.39, 0.29) is 18.3 Å². The van der Waals surface area contributed by atoms with Crippen molar-refractivity contribution in [3.05, 3.63) is 82.5 Å². The van der Waals surface area contributed by atoms with Crippen LogP contribution in [0.2, 0.25) is 0 Å². The average Bonchev–Trinajstić information content (AvgIpc) is 3.37. The Labute approximate surface area is 164 Å². The number of hydrogen-bond donors (Lipinski definition) is 1. The number of aryl methyl sites for hydroxylation is 1. The zero-order valence-electron chi connectivity index (χ0n) is 15.0. The van der Waals surface area contributed by atoms with Gasteiger partial charge in [-0.25, -0.2) is 4.39 Å². The van der Waals surface area contributed by atoms with Gasteiger partial charge in [0, 0.05) is 17.7 Å². The van der Waals surface area contributed by atoms with Crippen LogP contribution in [0.4, 0.5) is 4.39 Å². The minimum atomic E-state index is -0.342. The molecule has 0 spiro atoms. The van der Waals surface area contributed by atoms with Gasteiger partial charge in [0.15, 0.2) is 0 Å². The van der Waals surface area contributed by atoms with Crippen molar-refractivity contribution in [2.45, 2.75) is 13.5 Å². The molecule has 1 N–H and O–H groups in total. The van der Waals surface area contributed by atoms with Gasteiger partial charge in [-0.15, -0.1) is 11.3 Å². The molecule has 0 fully saturated rings. The lowest BCUT2D eigenvalue weighted by Gasteiger charge is -2.04. The summed E-state index contributed by atoms with van der Waals surface area (Å²) in [6, 6.07) is 17.6. The fourth-order valence-corrected chi connectivity index (χ4v) is 3.47. The molecule has 5 nitrogen and oxygen atoms in total. The zero-order chi connectivity index (χ0) is 19.5. The first-order valence-electron chi connectivity index (χ1n) is 8.63. The van der Waals surface area contributed by atoms with Gasteiger partial charge in [-0.1, -0.05) is 41.1 Å². The Morgan fingerprint density at radius 3 is 2.68 bits per heavy atom. The van der Waals surface area contributed by atoms with E-state index < -0.39 is 0 Å². The van der Waals surface area contributed by atoms with Crippen molar-refractivity contribution >= 4 is 17.2 Å². The second-order valence-electron chi connectivity index (χ2n) is 6.23. The van der Waals surface area contributed by atoms with Crippen molar-refractivity contribution in [3.63, 3.8) is 0 Å². The molecule has 0 atom stereocenters. The highest BCUT2D eigenvalue weighted by Gasteiger charge is 2.15. The number of amides is 1. The SMILES string of the molecule is Cc1ccc(-c2nc(-c3ccc(C(=O)NCc4ccccc4F)s3)no2)cc1. The van der Waals surface area contributed by atoms with Crippen molar-refractivity contribution < 1.29 is 13.7 Å². The molecule has 0 bridgehead atoms. The van der Waals surface area contributed by atoms with Crippen LogP contribution in [0.3, 0.4) is 0 Å². The van der Waals surface area contributed by atoms with Gasteiger partial charge in [0.05, 0.1) is 9.75 Å². The number of rotatable bonds is 5. The molecule has 28 heavy (non-hydrogen) atoms. The highest BCUT2D eigenvalue weighted by molar-refractivity contribution is 7.17. The van der Waals surface area contributed by atoms with Gasteiger partial charge < -0.3 is 9.84 Å². The van der Waals surface area contributed by atoms with Gasteiger partial charge in [0.2, 0.25) is 5.82 Å². The van der Waals surface area contributed by atoms with Crippen LogP contribution < -0.4 is 5.32 Å². The highest BCUT2D eigenvalue weighted by atomic mass is 32.1. The molecule has 0 aliphatic carbocycles. The predicted molar refractivity (Wildman–Crippen MR) is 105 cm³/mol. The van der Waals surface area contributed by atoms with Gasteiger partial charge in [0.25, 0.3) is 11.8 Å². The van der Waals surface area contributed by atoms with Crippen molar-refractivity contribution in [3.8, 4) is 22.2 Å². The molecule has 140 valence electrons. The molecule has 4 aromatic rings. The van der Waals surface area contributed by atoms with E-state index in [1.807, 2.05) is 31.2 Å². The molecule has 2 aromatic carbocycles. The molecule has 2 heterocycles. The normalized spacial score (nSPS) is 10.8. The Morgan fingerprint density at radius 2 is 1.89 bits per heavy atom. The molecule has 0 saturated heterocycles. The number of carbonyl (C=O) groups is 1. The summed E-state index contributed by atoms with van der Waals surface area (Å²) in [4.78, 5) is 18.0. The molecule has 7 heteroatoms. The van der Waals surface area contributed by atoms with Crippen molar-refractivity contribution in [1.29, 1.82) is 0 Å². The van der Waals surface area contributed by atoms with Gasteiger partial charge in [-0.05, 0) is 37.3 Å². The number of benzene rings is 2. The molecule has 0 radical (unpaired) electrons. The first-order valence-corrected chi connectivity index (χ1v) is 9.44. The topological polar surface area (TPSA) is 68.0 Å². The van der Waals surface area contributed by atoms with Crippen LogP contribution in [0, 0.1) is 12.7 Å². The van der Waals surface area contributed by atoms with Gasteiger partial charge in [0.1, 0.15) is 5.82 Å². The predicted octanol–water partition coefficient (Wildman–Crippen LogP) is 4.84. The Kier molecular flexibility index (Phi) is 4.99. The number of aromatic nitrogens is 2. The molecule has 0 unspecified atom stereocenters. The standard InChI is InChI=1S/C21H16FN3O2S/c1-13-6-8-14(9-7-13)21-24-19(25-27-21)17-10-11-18(28-17)20(26)23-12-15-4-2-3-5-16(15)22/h2-11H,12H2,1H3,(H,23,26). The maximum atomic E-state index is 13.7. The molecule has 0 aliphatic rings. The van der Waals surface area contributed by atoms with Crippen LogP contribution in [0.5, 0.6) is 0 Å². The number of carbonyl (C=O) groups excluding carboxylic acids is 1. The summed E-state index contributed by atoms with van der Waals surface area (Å²) in [5.74, 6) is 0.231. The number of halogens is 1. The summed E-state index contributed by atoms with van der Waals surface area (Å²) in [6.45, 7) is 2.13.